The van der Waals surface area contributed by atoms with Crippen molar-refractivity contribution in [3.63, 3.8) is 0 Å². The molecule has 2 atom stereocenters. The van der Waals surface area contributed by atoms with Crippen LogP contribution in [0.3, 0.4) is 0 Å². The van der Waals surface area contributed by atoms with Crippen molar-refractivity contribution in [2.24, 2.45) is 5.73 Å². The summed E-state index contributed by atoms with van der Waals surface area (Å²) in [5, 5.41) is 4.14. The number of fused-ring (bicyclic) bond motifs is 1. The standard InChI is InChI=1S/C16H21N3O2/c1-16(6-7-21-10-16)19-15(20)13(17)8-11-9-18-14-5-3-2-4-12(11)14/h2-5,9,13,18H,6-8,10,17H2,1H3,(H,19,20)/t13-,16?/m1/s1. The summed E-state index contributed by atoms with van der Waals surface area (Å²) in [7, 11) is 0. The van der Waals surface area contributed by atoms with Crippen molar-refractivity contribution >= 4 is 16.8 Å². The zero-order chi connectivity index (χ0) is 14.9. The fourth-order valence-corrected chi connectivity index (χ4v) is 2.79. The molecule has 1 amide bonds. The maximum atomic E-state index is 12.3. The zero-order valence-corrected chi connectivity index (χ0v) is 12.2. The number of carbonyl (C=O) groups is 1. The van der Waals surface area contributed by atoms with Gasteiger partial charge in [0.2, 0.25) is 5.91 Å². The first kappa shape index (κ1) is 14.1. The van der Waals surface area contributed by atoms with Crippen molar-refractivity contribution in [1.29, 1.82) is 0 Å². The van der Waals surface area contributed by atoms with Crippen LogP contribution in [0, 0.1) is 0 Å². The number of ether oxygens (including phenoxy) is 1. The lowest BCUT2D eigenvalue weighted by atomic mass is 9.99. The topological polar surface area (TPSA) is 80.1 Å². The number of rotatable bonds is 4. The highest BCUT2D eigenvalue weighted by Crippen LogP contribution is 2.20. The second-order valence-electron chi connectivity index (χ2n) is 6.02. The van der Waals surface area contributed by atoms with Gasteiger partial charge in [0.1, 0.15) is 0 Å². The number of hydrogen-bond acceptors (Lipinski definition) is 3. The molecule has 1 aliphatic heterocycles. The highest BCUT2D eigenvalue weighted by Gasteiger charge is 2.32. The minimum Gasteiger partial charge on any atom is -0.379 e. The maximum absolute atomic E-state index is 12.3. The number of nitrogens with two attached hydrogens (primary N) is 1. The van der Waals surface area contributed by atoms with Gasteiger partial charge in [-0.25, -0.2) is 0 Å². The van der Waals surface area contributed by atoms with Crippen LogP contribution in [0.4, 0.5) is 0 Å². The van der Waals surface area contributed by atoms with E-state index in [1.165, 1.54) is 0 Å². The number of aromatic nitrogens is 1. The Morgan fingerprint density at radius 1 is 1.52 bits per heavy atom. The van der Waals surface area contributed by atoms with E-state index in [9.17, 15) is 4.79 Å². The van der Waals surface area contributed by atoms with Crippen LogP contribution in [0.15, 0.2) is 30.5 Å². The molecule has 112 valence electrons. The van der Waals surface area contributed by atoms with Crippen LogP contribution in [0.25, 0.3) is 10.9 Å². The van der Waals surface area contributed by atoms with Gasteiger partial charge in [0.05, 0.1) is 18.2 Å². The molecule has 1 unspecified atom stereocenters. The number of aromatic amines is 1. The SMILES string of the molecule is CC1(NC(=O)[C@H](N)Cc2c[nH]c3ccccc23)CCOC1. The molecule has 21 heavy (non-hydrogen) atoms. The lowest BCUT2D eigenvalue weighted by Crippen LogP contribution is -2.53. The summed E-state index contributed by atoms with van der Waals surface area (Å²) < 4.78 is 5.34. The molecule has 4 N–H and O–H groups in total. The van der Waals surface area contributed by atoms with Crippen molar-refractivity contribution in [3.05, 3.63) is 36.0 Å². The van der Waals surface area contributed by atoms with E-state index in [0.717, 1.165) is 22.9 Å². The van der Waals surface area contributed by atoms with Crippen LogP contribution in [0.1, 0.15) is 18.9 Å². The Morgan fingerprint density at radius 2 is 2.33 bits per heavy atom. The number of benzene rings is 1. The van der Waals surface area contributed by atoms with Gasteiger partial charge in [-0.2, -0.15) is 0 Å². The minimum absolute atomic E-state index is 0.117. The molecular weight excluding hydrogens is 266 g/mol. The largest absolute Gasteiger partial charge is 0.379 e. The lowest BCUT2D eigenvalue weighted by Gasteiger charge is -2.25. The predicted molar refractivity (Wildman–Crippen MR) is 82.0 cm³/mol. The molecular formula is C16H21N3O2. The number of para-hydroxylation sites is 1. The first-order valence-electron chi connectivity index (χ1n) is 7.28. The summed E-state index contributed by atoms with van der Waals surface area (Å²) in [5.74, 6) is -0.117. The Balaban J connectivity index is 1.68. The summed E-state index contributed by atoms with van der Waals surface area (Å²) in [6, 6.07) is 7.47. The second kappa shape index (κ2) is 5.50. The Labute approximate surface area is 123 Å². The molecule has 2 heterocycles. The molecule has 2 aromatic rings. The highest BCUT2D eigenvalue weighted by molar-refractivity contribution is 5.86. The van der Waals surface area contributed by atoms with E-state index < -0.39 is 6.04 Å². The second-order valence-corrected chi connectivity index (χ2v) is 6.02. The van der Waals surface area contributed by atoms with Crippen LogP contribution >= 0.6 is 0 Å². The fraction of sp³-hybridized carbons (Fsp3) is 0.438. The van der Waals surface area contributed by atoms with Crippen molar-refractivity contribution in [2.75, 3.05) is 13.2 Å². The molecule has 1 aromatic heterocycles. The van der Waals surface area contributed by atoms with Crippen molar-refractivity contribution in [2.45, 2.75) is 31.3 Å². The first-order valence-corrected chi connectivity index (χ1v) is 7.28. The van der Waals surface area contributed by atoms with E-state index >= 15 is 0 Å². The Morgan fingerprint density at radius 3 is 3.10 bits per heavy atom. The number of nitrogens with one attached hydrogen (secondary N) is 2. The highest BCUT2D eigenvalue weighted by atomic mass is 16.5. The van der Waals surface area contributed by atoms with Gasteiger partial charge in [-0.15, -0.1) is 0 Å². The molecule has 3 rings (SSSR count). The first-order chi connectivity index (χ1) is 10.1. The van der Waals surface area contributed by atoms with Crippen molar-refractivity contribution in [3.8, 4) is 0 Å². The predicted octanol–water partition coefficient (Wildman–Crippen LogP) is 1.33. The summed E-state index contributed by atoms with van der Waals surface area (Å²) in [4.78, 5) is 15.5. The summed E-state index contributed by atoms with van der Waals surface area (Å²) in [6.07, 6.45) is 3.28. The Hall–Kier alpha value is -1.85. The summed E-state index contributed by atoms with van der Waals surface area (Å²) >= 11 is 0. The average molecular weight is 287 g/mol. The van der Waals surface area contributed by atoms with Gasteiger partial charge in [0.15, 0.2) is 0 Å². The van der Waals surface area contributed by atoms with Crippen LogP contribution in [-0.2, 0) is 16.0 Å². The van der Waals surface area contributed by atoms with Gasteiger partial charge >= 0.3 is 0 Å². The molecule has 5 heteroatoms. The van der Waals surface area contributed by atoms with Crippen LogP contribution in [0.5, 0.6) is 0 Å². The molecule has 5 nitrogen and oxygen atoms in total. The molecule has 1 aromatic carbocycles. The van der Waals surface area contributed by atoms with Gasteiger partial charge in [0.25, 0.3) is 0 Å². The average Bonchev–Trinajstić information content (AvgIpc) is 3.06. The van der Waals surface area contributed by atoms with Crippen molar-refractivity contribution < 1.29 is 9.53 Å². The molecule has 0 spiro atoms. The van der Waals surface area contributed by atoms with Gasteiger partial charge in [0, 0.05) is 23.7 Å². The van der Waals surface area contributed by atoms with E-state index in [1.54, 1.807) is 0 Å². The minimum atomic E-state index is -0.554. The third-order valence-electron chi connectivity index (χ3n) is 4.10. The monoisotopic (exact) mass is 287 g/mol. The van der Waals surface area contributed by atoms with Gasteiger partial charge < -0.3 is 20.8 Å². The third kappa shape index (κ3) is 2.94. The van der Waals surface area contributed by atoms with Gasteiger partial charge in [-0.1, -0.05) is 18.2 Å². The fourth-order valence-electron chi connectivity index (χ4n) is 2.79. The Kier molecular flexibility index (Phi) is 3.69. The van der Waals surface area contributed by atoms with Crippen molar-refractivity contribution in [1.82, 2.24) is 10.3 Å². The normalized spacial score (nSPS) is 23.3. The Bertz CT molecular complexity index is 644. The van der Waals surface area contributed by atoms with Gasteiger partial charge in [-0.3, -0.25) is 4.79 Å². The lowest BCUT2D eigenvalue weighted by molar-refractivity contribution is -0.124. The van der Waals surface area contributed by atoms with E-state index in [4.69, 9.17) is 10.5 Å². The molecule has 1 saturated heterocycles. The number of amides is 1. The zero-order valence-electron chi connectivity index (χ0n) is 12.2. The smallest absolute Gasteiger partial charge is 0.237 e. The number of carbonyl (C=O) groups excluding carboxylic acids is 1. The van der Waals surface area contributed by atoms with E-state index in [2.05, 4.69) is 10.3 Å². The van der Waals surface area contributed by atoms with E-state index in [0.29, 0.717) is 19.6 Å². The summed E-state index contributed by atoms with van der Waals surface area (Å²) in [6.45, 7) is 3.24. The van der Waals surface area contributed by atoms with Gasteiger partial charge in [-0.05, 0) is 31.4 Å². The number of hydrogen-bond donors (Lipinski definition) is 3. The van der Waals surface area contributed by atoms with Crippen LogP contribution in [-0.4, -0.2) is 35.7 Å². The molecule has 0 saturated carbocycles. The maximum Gasteiger partial charge on any atom is 0.237 e. The molecule has 1 fully saturated rings. The number of H-pyrrole nitrogens is 1. The van der Waals surface area contributed by atoms with Crippen LogP contribution < -0.4 is 11.1 Å². The molecule has 0 radical (unpaired) electrons. The molecule has 0 aliphatic carbocycles. The summed E-state index contributed by atoms with van der Waals surface area (Å²) in [5.41, 5.74) is 7.92. The molecule has 1 aliphatic rings. The van der Waals surface area contributed by atoms with Crippen LogP contribution in [0.2, 0.25) is 0 Å². The quantitative estimate of drug-likeness (QED) is 0.793. The van der Waals surface area contributed by atoms with E-state index in [1.807, 2.05) is 37.4 Å². The third-order valence-corrected chi connectivity index (χ3v) is 4.10. The van der Waals surface area contributed by atoms with E-state index in [-0.39, 0.29) is 11.4 Å². The molecule has 0 bridgehead atoms.